The first-order valence-corrected chi connectivity index (χ1v) is 8.49. The van der Waals surface area contributed by atoms with Gasteiger partial charge in [0.05, 0.1) is 18.1 Å². The molecule has 2 aliphatic heterocycles. The first kappa shape index (κ1) is 17.0. The fourth-order valence-electron chi connectivity index (χ4n) is 3.33. The molecule has 0 aliphatic carbocycles. The first-order chi connectivity index (χ1) is 10.6. The predicted molar refractivity (Wildman–Crippen MR) is 83.4 cm³/mol. The van der Waals surface area contributed by atoms with Crippen LogP contribution in [0.2, 0.25) is 0 Å². The Kier molecular flexibility index (Phi) is 6.43. The first-order valence-electron chi connectivity index (χ1n) is 8.49. The van der Waals surface area contributed by atoms with E-state index in [0.717, 1.165) is 12.8 Å². The minimum absolute atomic E-state index is 0.185. The maximum Gasteiger partial charge on any atom is 0.310 e. The number of hydrogen-bond donors (Lipinski definition) is 2. The molecule has 5 heteroatoms. The van der Waals surface area contributed by atoms with Crippen LogP contribution in [0, 0.1) is 11.8 Å². The van der Waals surface area contributed by atoms with Crippen molar-refractivity contribution in [2.45, 2.75) is 64.1 Å². The summed E-state index contributed by atoms with van der Waals surface area (Å²) in [6.45, 7) is 2.82. The summed E-state index contributed by atoms with van der Waals surface area (Å²) < 4.78 is 5.51. The van der Waals surface area contributed by atoms with Gasteiger partial charge < -0.3 is 15.2 Å². The highest BCUT2D eigenvalue weighted by Crippen LogP contribution is 2.39. The van der Waals surface area contributed by atoms with E-state index in [1.165, 1.54) is 32.1 Å². The minimum atomic E-state index is -0.951. The zero-order valence-corrected chi connectivity index (χ0v) is 13.3. The van der Waals surface area contributed by atoms with Crippen LogP contribution in [-0.4, -0.2) is 35.7 Å². The molecule has 4 unspecified atom stereocenters. The molecule has 124 valence electrons. The van der Waals surface area contributed by atoms with E-state index in [-0.39, 0.29) is 12.0 Å². The summed E-state index contributed by atoms with van der Waals surface area (Å²) in [7, 11) is 0. The van der Waals surface area contributed by atoms with Gasteiger partial charge in [0.2, 0.25) is 5.91 Å². The SMILES string of the molecule is CCCCCCCCCNC(=O)C1C2C=CC(O2)C1C(=O)O. The molecule has 2 N–H and O–H groups in total. The van der Waals surface area contributed by atoms with Crippen LogP contribution < -0.4 is 5.32 Å². The average Bonchev–Trinajstić information content (AvgIpc) is 3.10. The van der Waals surface area contributed by atoms with Gasteiger partial charge in [-0.3, -0.25) is 9.59 Å². The van der Waals surface area contributed by atoms with Crippen LogP contribution in [0.3, 0.4) is 0 Å². The maximum atomic E-state index is 12.2. The summed E-state index contributed by atoms with van der Waals surface area (Å²) in [5.74, 6) is -2.47. The summed E-state index contributed by atoms with van der Waals surface area (Å²) in [6.07, 6.45) is 11.1. The third kappa shape index (κ3) is 4.09. The molecule has 1 amide bonds. The van der Waals surface area contributed by atoms with Crippen molar-refractivity contribution in [3.05, 3.63) is 12.2 Å². The zero-order valence-electron chi connectivity index (χ0n) is 13.3. The van der Waals surface area contributed by atoms with Crippen molar-refractivity contribution in [2.24, 2.45) is 11.8 Å². The minimum Gasteiger partial charge on any atom is -0.481 e. The van der Waals surface area contributed by atoms with Crippen molar-refractivity contribution in [1.29, 1.82) is 0 Å². The number of nitrogens with one attached hydrogen (secondary N) is 1. The molecule has 5 nitrogen and oxygen atoms in total. The molecule has 22 heavy (non-hydrogen) atoms. The summed E-state index contributed by atoms with van der Waals surface area (Å²) in [5, 5.41) is 12.2. The predicted octanol–water partition coefficient (Wildman–Crippen LogP) is 2.51. The fraction of sp³-hybridized carbons (Fsp3) is 0.765. The van der Waals surface area contributed by atoms with Crippen molar-refractivity contribution in [2.75, 3.05) is 6.54 Å². The van der Waals surface area contributed by atoms with Gasteiger partial charge >= 0.3 is 5.97 Å². The van der Waals surface area contributed by atoms with Gasteiger partial charge in [-0.1, -0.05) is 57.6 Å². The molecule has 0 spiro atoms. The molecule has 0 aromatic carbocycles. The highest BCUT2D eigenvalue weighted by Gasteiger charge is 2.52. The van der Waals surface area contributed by atoms with Crippen molar-refractivity contribution >= 4 is 11.9 Å². The van der Waals surface area contributed by atoms with Crippen LogP contribution in [0.5, 0.6) is 0 Å². The molecule has 4 atom stereocenters. The molecule has 2 bridgehead atoms. The van der Waals surface area contributed by atoms with Crippen LogP contribution >= 0.6 is 0 Å². The van der Waals surface area contributed by atoms with Crippen LogP contribution in [0.4, 0.5) is 0 Å². The lowest BCUT2D eigenvalue weighted by Gasteiger charge is -2.20. The standard InChI is InChI=1S/C17H27NO4/c1-2-3-4-5-6-7-8-11-18-16(19)14-12-9-10-13(22-12)15(14)17(20)21/h9-10,12-15H,2-8,11H2,1H3,(H,18,19)(H,20,21). The van der Waals surface area contributed by atoms with Crippen LogP contribution in [0.15, 0.2) is 12.2 Å². The van der Waals surface area contributed by atoms with E-state index >= 15 is 0 Å². The van der Waals surface area contributed by atoms with E-state index in [1.54, 1.807) is 6.08 Å². The van der Waals surface area contributed by atoms with Gasteiger partial charge in [-0.25, -0.2) is 0 Å². The number of carboxylic acids is 1. The third-order valence-electron chi connectivity index (χ3n) is 4.57. The summed E-state index contributed by atoms with van der Waals surface area (Å²) in [5.41, 5.74) is 0. The lowest BCUT2D eigenvalue weighted by atomic mass is 9.82. The fourth-order valence-corrected chi connectivity index (χ4v) is 3.33. The Morgan fingerprint density at radius 2 is 1.59 bits per heavy atom. The van der Waals surface area contributed by atoms with Crippen LogP contribution in [-0.2, 0) is 14.3 Å². The number of ether oxygens (including phenoxy) is 1. The second kappa shape index (κ2) is 8.32. The van der Waals surface area contributed by atoms with E-state index in [9.17, 15) is 14.7 Å². The van der Waals surface area contributed by atoms with Crippen molar-refractivity contribution in [3.8, 4) is 0 Å². The van der Waals surface area contributed by atoms with Gasteiger partial charge in [-0.05, 0) is 6.42 Å². The second-order valence-electron chi connectivity index (χ2n) is 6.25. The number of hydrogen-bond acceptors (Lipinski definition) is 3. The molecule has 0 aromatic rings. The molecule has 1 saturated heterocycles. The number of carbonyl (C=O) groups excluding carboxylic acids is 1. The lowest BCUT2D eigenvalue weighted by Crippen LogP contribution is -2.42. The molecular formula is C17H27NO4. The number of amides is 1. The Balaban J connectivity index is 1.65. The molecule has 2 aliphatic rings. The normalized spacial score (nSPS) is 29.0. The second-order valence-corrected chi connectivity index (χ2v) is 6.25. The van der Waals surface area contributed by atoms with E-state index in [1.807, 2.05) is 6.08 Å². The van der Waals surface area contributed by atoms with E-state index < -0.39 is 23.9 Å². The van der Waals surface area contributed by atoms with E-state index in [2.05, 4.69) is 12.2 Å². The van der Waals surface area contributed by atoms with Gasteiger partial charge in [0.25, 0.3) is 0 Å². The Morgan fingerprint density at radius 3 is 2.23 bits per heavy atom. The Labute approximate surface area is 132 Å². The molecule has 1 fully saturated rings. The zero-order chi connectivity index (χ0) is 15.9. The number of aliphatic carboxylic acids is 1. The van der Waals surface area contributed by atoms with Crippen molar-refractivity contribution < 1.29 is 19.4 Å². The smallest absolute Gasteiger partial charge is 0.310 e. The van der Waals surface area contributed by atoms with Gasteiger partial charge in [0.1, 0.15) is 5.92 Å². The quantitative estimate of drug-likeness (QED) is 0.480. The Morgan fingerprint density at radius 1 is 1.00 bits per heavy atom. The monoisotopic (exact) mass is 309 g/mol. The van der Waals surface area contributed by atoms with Gasteiger partial charge in [0, 0.05) is 6.54 Å². The number of rotatable bonds is 10. The number of unbranched alkanes of at least 4 members (excludes halogenated alkanes) is 6. The molecule has 2 heterocycles. The third-order valence-corrected chi connectivity index (χ3v) is 4.57. The lowest BCUT2D eigenvalue weighted by molar-refractivity contribution is -0.146. The Bertz CT molecular complexity index is 421. The summed E-state index contributed by atoms with van der Waals surface area (Å²) in [6, 6.07) is 0. The highest BCUT2D eigenvalue weighted by atomic mass is 16.5. The summed E-state index contributed by atoms with van der Waals surface area (Å²) >= 11 is 0. The largest absolute Gasteiger partial charge is 0.481 e. The molecule has 0 radical (unpaired) electrons. The van der Waals surface area contributed by atoms with Crippen molar-refractivity contribution in [3.63, 3.8) is 0 Å². The molecule has 2 rings (SSSR count). The highest BCUT2D eigenvalue weighted by molar-refractivity contribution is 5.87. The molecule has 0 saturated carbocycles. The average molecular weight is 309 g/mol. The van der Waals surface area contributed by atoms with Crippen LogP contribution in [0.25, 0.3) is 0 Å². The van der Waals surface area contributed by atoms with Gasteiger partial charge in [0.15, 0.2) is 0 Å². The Hall–Kier alpha value is -1.36. The number of fused-ring (bicyclic) bond motifs is 2. The van der Waals surface area contributed by atoms with Crippen molar-refractivity contribution in [1.82, 2.24) is 5.32 Å². The molecular weight excluding hydrogens is 282 g/mol. The molecule has 0 aromatic heterocycles. The van der Waals surface area contributed by atoms with E-state index in [0.29, 0.717) is 6.54 Å². The van der Waals surface area contributed by atoms with Crippen LogP contribution in [0.1, 0.15) is 51.9 Å². The van der Waals surface area contributed by atoms with Gasteiger partial charge in [-0.2, -0.15) is 0 Å². The summed E-state index contributed by atoms with van der Waals surface area (Å²) in [4.78, 5) is 23.5. The van der Waals surface area contributed by atoms with E-state index in [4.69, 9.17) is 4.74 Å². The maximum absolute atomic E-state index is 12.2. The topological polar surface area (TPSA) is 75.6 Å². The van der Waals surface area contributed by atoms with Gasteiger partial charge in [-0.15, -0.1) is 0 Å². The number of carbonyl (C=O) groups is 2. The number of carboxylic acid groups (broad SMARTS) is 1.